The van der Waals surface area contributed by atoms with Crippen molar-refractivity contribution in [2.75, 3.05) is 0 Å². The van der Waals surface area contributed by atoms with Crippen LogP contribution in [0, 0.1) is 20.2 Å². The molecule has 0 radical (unpaired) electrons. The Bertz CT molecular complexity index is 1680. The zero-order chi connectivity index (χ0) is 28.9. The van der Waals surface area contributed by atoms with Crippen molar-refractivity contribution >= 4 is 31.4 Å². The third-order valence-electron chi connectivity index (χ3n) is 5.82. The molecule has 2 N–H and O–H groups in total. The summed E-state index contributed by atoms with van der Waals surface area (Å²) in [5, 5.41) is 22.5. The Morgan fingerprint density at radius 2 is 0.925 bits per heavy atom. The van der Waals surface area contributed by atoms with Gasteiger partial charge in [0, 0.05) is 25.2 Å². The monoisotopic (exact) mass is 582 g/mol. The Morgan fingerprint density at radius 3 is 1.30 bits per heavy atom. The van der Waals surface area contributed by atoms with Crippen molar-refractivity contribution in [3.63, 3.8) is 0 Å². The number of nitro groups is 2. The molecule has 12 nitrogen and oxygen atoms in total. The number of benzene rings is 4. The van der Waals surface area contributed by atoms with Crippen LogP contribution in [-0.4, -0.2) is 26.7 Å². The Morgan fingerprint density at radius 1 is 0.550 bits per heavy atom. The number of sulfonamides is 2. The van der Waals surface area contributed by atoms with E-state index in [1.165, 1.54) is 24.3 Å². The van der Waals surface area contributed by atoms with Crippen molar-refractivity contribution in [3.8, 4) is 11.1 Å². The van der Waals surface area contributed by atoms with Crippen LogP contribution in [0.25, 0.3) is 11.1 Å². The van der Waals surface area contributed by atoms with E-state index in [4.69, 9.17) is 0 Å². The summed E-state index contributed by atoms with van der Waals surface area (Å²) < 4.78 is 55.7. The van der Waals surface area contributed by atoms with Gasteiger partial charge in [-0.2, -0.15) is 0 Å². The van der Waals surface area contributed by atoms with Gasteiger partial charge in [-0.1, -0.05) is 60.7 Å². The maximum atomic E-state index is 12.7. The summed E-state index contributed by atoms with van der Waals surface area (Å²) in [6.07, 6.45) is 0. The highest BCUT2D eigenvalue weighted by Crippen LogP contribution is 2.26. The summed E-state index contributed by atoms with van der Waals surface area (Å²) in [4.78, 5) is 20.1. The van der Waals surface area contributed by atoms with Crippen LogP contribution in [-0.2, 0) is 33.1 Å². The molecule has 0 spiro atoms. The molecule has 0 heterocycles. The zero-order valence-electron chi connectivity index (χ0n) is 20.6. The smallest absolute Gasteiger partial charge is 0.258 e. The van der Waals surface area contributed by atoms with E-state index in [-0.39, 0.29) is 13.1 Å². The van der Waals surface area contributed by atoms with Gasteiger partial charge in [0.2, 0.25) is 20.0 Å². The third kappa shape index (κ3) is 6.55. The quantitative estimate of drug-likeness (QED) is 0.196. The predicted octanol–water partition coefficient (Wildman–Crippen LogP) is 4.13. The molecule has 4 rings (SSSR count). The molecular weight excluding hydrogens is 560 g/mol. The van der Waals surface area contributed by atoms with Crippen molar-refractivity contribution in [2.24, 2.45) is 0 Å². The minimum absolute atomic E-state index is 0.127. The van der Waals surface area contributed by atoms with E-state index in [0.717, 1.165) is 24.3 Å². The topological polar surface area (TPSA) is 179 Å². The van der Waals surface area contributed by atoms with E-state index in [1.807, 2.05) is 0 Å². The number of nitro benzene ring substituents is 2. The van der Waals surface area contributed by atoms with E-state index in [1.54, 1.807) is 48.5 Å². The molecule has 0 saturated carbocycles. The number of rotatable bonds is 11. The first-order valence-electron chi connectivity index (χ1n) is 11.6. The van der Waals surface area contributed by atoms with Crippen molar-refractivity contribution < 1.29 is 26.7 Å². The molecule has 0 aliphatic carbocycles. The average Bonchev–Trinajstić information content (AvgIpc) is 2.95. The van der Waals surface area contributed by atoms with Crippen LogP contribution < -0.4 is 9.44 Å². The first-order valence-corrected chi connectivity index (χ1v) is 14.6. The lowest BCUT2D eigenvalue weighted by Gasteiger charge is -2.11. The minimum Gasteiger partial charge on any atom is -0.258 e. The summed E-state index contributed by atoms with van der Waals surface area (Å²) in [6.45, 7) is -0.255. The molecular formula is C26H22N4O8S2. The van der Waals surface area contributed by atoms with Gasteiger partial charge in [0.25, 0.3) is 11.4 Å². The third-order valence-corrected chi connectivity index (χ3v) is 8.72. The molecule has 4 aromatic rings. The molecule has 206 valence electrons. The maximum Gasteiger partial charge on any atom is 0.289 e. The van der Waals surface area contributed by atoms with Gasteiger partial charge in [0.15, 0.2) is 9.79 Å². The highest BCUT2D eigenvalue weighted by Gasteiger charge is 2.26. The average molecular weight is 583 g/mol. The fourth-order valence-electron chi connectivity index (χ4n) is 3.90. The predicted molar refractivity (Wildman–Crippen MR) is 146 cm³/mol. The Kier molecular flexibility index (Phi) is 8.35. The van der Waals surface area contributed by atoms with Crippen LogP contribution in [0.15, 0.2) is 107 Å². The van der Waals surface area contributed by atoms with Crippen molar-refractivity contribution in [3.05, 3.63) is 128 Å². The highest BCUT2D eigenvalue weighted by atomic mass is 32.2. The number of hydrogen-bond donors (Lipinski definition) is 2. The molecule has 14 heteroatoms. The van der Waals surface area contributed by atoms with Gasteiger partial charge < -0.3 is 0 Å². The molecule has 0 aliphatic rings. The zero-order valence-corrected chi connectivity index (χ0v) is 22.3. The van der Waals surface area contributed by atoms with Crippen LogP contribution in [0.4, 0.5) is 11.4 Å². The minimum atomic E-state index is -4.17. The Labute approximate surface area is 229 Å². The van der Waals surface area contributed by atoms with Gasteiger partial charge in [-0.3, -0.25) is 20.2 Å². The lowest BCUT2D eigenvalue weighted by atomic mass is 10.0. The largest absolute Gasteiger partial charge is 0.289 e. The molecule has 0 unspecified atom stereocenters. The van der Waals surface area contributed by atoms with Gasteiger partial charge in [-0.15, -0.1) is 0 Å². The number of hydrogen-bond acceptors (Lipinski definition) is 8. The highest BCUT2D eigenvalue weighted by molar-refractivity contribution is 7.90. The van der Waals surface area contributed by atoms with Crippen LogP contribution in [0.5, 0.6) is 0 Å². The molecule has 0 aromatic heterocycles. The first kappa shape index (κ1) is 28.5. The van der Waals surface area contributed by atoms with E-state index >= 15 is 0 Å². The SMILES string of the molecule is O=[N+]([O-])c1ccccc1S(=O)(=O)NCc1cccc(-c2cccc(CNS(=O)(=O)c3ccccc3[N+](=O)[O-])c2)c1. The van der Waals surface area contributed by atoms with Gasteiger partial charge in [0.1, 0.15) is 0 Å². The van der Waals surface area contributed by atoms with E-state index in [2.05, 4.69) is 9.44 Å². The van der Waals surface area contributed by atoms with E-state index in [9.17, 15) is 37.1 Å². The van der Waals surface area contributed by atoms with Crippen LogP contribution >= 0.6 is 0 Å². The summed E-state index contributed by atoms with van der Waals surface area (Å²) in [5.41, 5.74) is 1.54. The first-order chi connectivity index (χ1) is 19.0. The Hall–Kier alpha value is -4.50. The fourth-order valence-corrected chi connectivity index (χ4v) is 6.28. The van der Waals surface area contributed by atoms with Gasteiger partial charge >= 0.3 is 0 Å². The van der Waals surface area contributed by atoms with Crippen molar-refractivity contribution in [2.45, 2.75) is 22.9 Å². The molecule has 0 bridgehead atoms. The normalized spacial score (nSPS) is 11.7. The summed E-state index contributed by atoms with van der Waals surface area (Å²) in [7, 11) is -8.34. The fraction of sp³-hybridized carbons (Fsp3) is 0.0769. The Balaban J connectivity index is 1.49. The molecule has 0 saturated heterocycles. The number of nitrogens with zero attached hydrogens (tertiary/aromatic N) is 2. The summed E-state index contributed by atoms with van der Waals surface area (Å²) >= 11 is 0. The molecule has 40 heavy (non-hydrogen) atoms. The standard InChI is InChI=1S/C26H22N4O8S2/c31-29(32)23-11-1-3-13-25(23)39(35,36)27-17-19-7-5-9-21(15-19)22-10-6-8-20(16-22)18-28-40(37,38)26-14-4-2-12-24(26)30(33)34/h1-16,27-28H,17-18H2. The van der Waals surface area contributed by atoms with E-state index < -0.39 is 51.1 Å². The number of nitrogens with one attached hydrogen (secondary N) is 2. The van der Waals surface area contributed by atoms with Crippen LogP contribution in [0.2, 0.25) is 0 Å². The van der Waals surface area contributed by atoms with E-state index in [0.29, 0.717) is 22.3 Å². The van der Waals surface area contributed by atoms with Gasteiger partial charge in [0.05, 0.1) is 9.85 Å². The van der Waals surface area contributed by atoms with Crippen molar-refractivity contribution in [1.82, 2.24) is 9.44 Å². The number of para-hydroxylation sites is 2. The van der Waals surface area contributed by atoms with Gasteiger partial charge in [-0.05, 0) is 46.5 Å². The molecule has 4 aromatic carbocycles. The second-order valence-electron chi connectivity index (χ2n) is 8.50. The lowest BCUT2D eigenvalue weighted by Crippen LogP contribution is -2.24. The summed E-state index contributed by atoms with van der Waals surface area (Å²) in [6, 6.07) is 24.0. The van der Waals surface area contributed by atoms with Crippen LogP contribution in [0.1, 0.15) is 11.1 Å². The summed E-state index contributed by atoms with van der Waals surface area (Å²) in [5.74, 6) is 0. The second-order valence-corrected chi connectivity index (χ2v) is 12.0. The lowest BCUT2D eigenvalue weighted by molar-refractivity contribution is -0.388. The van der Waals surface area contributed by atoms with Gasteiger partial charge in [-0.25, -0.2) is 26.3 Å². The second kappa shape index (κ2) is 11.7. The van der Waals surface area contributed by atoms with Crippen molar-refractivity contribution in [1.29, 1.82) is 0 Å². The van der Waals surface area contributed by atoms with Crippen LogP contribution in [0.3, 0.4) is 0 Å². The molecule has 0 atom stereocenters. The molecule has 0 aliphatic heterocycles. The molecule has 0 fully saturated rings. The molecule has 0 amide bonds. The maximum absolute atomic E-state index is 12.7.